The van der Waals surface area contributed by atoms with Crippen molar-refractivity contribution in [1.29, 1.82) is 0 Å². The molecule has 7 nitrogen and oxygen atoms in total. The van der Waals surface area contributed by atoms with E-state index in [2.05, 4.69) is 15.5 Å². The van der Waals surface area contributed by atoms with Gasteiger partial charge in [0.25, 0.3) is 17.5 Å². The van der Waals surface area contributed by atoms with Gasteiger partial charge >= 0.3 is 0 Å². The minimum Gasteiger partial charge on any atom is -0.355 e. The van der Waals surface area contributed by atoms with Gasteiger partial charge in [-0.25, -0.2) is 4.98 Å². The first-order valence-corrected chi connectivity index (χ1v) is 11.0. The van der Waals surface area contributed by atoms with E-state index in [4.69, 9.17) is 16.1 Å². The molecule has 160 valence electrons. The number of amides is 2. The number of nitrogens with zero attached hydrogens (tertiary/aromatic N) is 3. The molecule has 0 radical (unpaired) electrons. The molecule has 2 amide bonds. The van der Waals surface area contributed by atoms with Crippen LogP contribution in [-0.4, -0.2) is 47.0 Å². The number of hydrogen-bond donors (Lipinski definition) is 1. The number of carbonyl (C=O) groups is 2. The number of hydrogen-bond acceptors (Lipinski definition) is 5. The summed E-state index contributed by atoms with van der Waals surface area (Å²) in [7, 11) is 1.62. The Balaban J connectivity index is 1.39. The molecule has 1 aliphatic heterocycles. The van der Waals surface area contributed by atoms with Gasteiger partial charge < -0.3 is 14.7 Å². The molecule has 1 N–H and O–H groups in total. The quantitative estimate of drug-likeness (QED) is 0.661. The largest absolute Gasteiger partial charge is 0.355 e. The fourth-order valence-electron chi connectivity index (χ4n) is 4.33. The molecule has 3 aromatic rings. The summed E-state index contributed by atoms with van der Waals surface area (Å²) in [5.74, 6) is 0.323. The minimum atomic E-state index is -0.160. The van der Waals surface area contributed by atoms with Gasteiger partial charge in [-0.05, 0) is 49.9 Å². The third-order valence-electron chi connectivity index (χ3n) is 6.20. The highest BCUT2D eigenvalue weighted by molar-refractivity contribution is 6.30. The van der Waals surface area contributed by atoms with Gasteiger partial charge in [-0.1, -0.05) is 22.8 Å². The maximum absolute atomic E-state index is 12.8. The molecule has 31 heavy (non-hydrogen) atoms. The van der Waals surface area contributed by atoms with E-state index in [1.807, 2.05) is 11.0 Å². The molecule has 1 aromatic carbocycles. The van der Waals surface area contributed by atoms with Gasteiger partial charge in [-0.15, -0.1) is 0 Å². The maximum Gasteiger partial charge on any atom is 0.259 e. The van der Waals surface area contributed by atoms with E-state index in [1.54, 1.807) is 31.3 Å². The summed E-state index contributed by atoms with van der Waals surface area (Å²) in [5, 5.41) is 8.29. The predicted octanol–water partition coefficient (Wildman–Crippen LogP) is 4.13. The van der Waals surface area contributed by atoms with Crippen molar-refractivity contribution in [3.05, 3.63) is 57.9 Å². The average Bonchev–Trinajstić information content (AvgIpc) is 3.57. The molecule has 0 unspecified atom stereocenters. The summed E-state index contributed by atoms with van der Waals surface area (Å²) in [4.78, 5) is 31.9. The molecular weight excluding hydrogens is 416 g/mol. The van der Waals surface area contributed by atoms with Crippen molar-refractivity contribution in [1.82, 2.24) is 20.4 Å². The van der Waals surface area contributed by atoms with Crippen molar-refractivity contribution in [3.63, 3.8) is 0 Å². The standard InChI is InChI=1S/C23H23ClN4O3/c1-25-21(29)17-12-18(13-5-6-13)26-22-19(17)20(27-31-22)14-7-9-28(10-8-14)23(30)15-3-2-4-16(24)11-15/h2-4,11-14H,5-10H2,1H3,(H,25,29). The van der Waals surface area contributed by atoms with Crippen molar-refractivity contribution in [2.24, 2.45) is 0 Å². The Bertz CT molecular complexity index is 1160. The second-order valence-corrected chi connectivity index (χ2v) is 8.71. The Morgan fingerprint density at radius 2 is 1.90 bits per heavy atom. The molecule has 0 bridgehead atoms. The number of piperidine rings is 1. The third-order valence-corrected chi connectivity index (χ3v) is 6.44. The lowest BCUT2D eigenvalue weighted by Gasteiger charge is -2.31. The van der Waals surface area contributed by atoms with Crippen LogP contribution in [0.15, 0.2) is 34.9 Å². The summed E-state index contributed by atoms with van der Waals surface area (Å²) in [6.45, 7) is 1.21. The third kappa shape index (κ3) is 3.78. The summed E-state index contributed by atoms with van der Waals surface area (Å²) < 4.78 is 5.58. The van der Waals surface area contributed by atoms with Crippen LogP contribution in [0.4, 0.5) is 0 Å². The lowest BCUT2D eigenvalue weighted by molar-refractivity contribution is 0.0711. The van der Waals surface area contributed by atoms with Gasteiger partial charge in [0.05, 0.1) is 16.6 Å². The fourth-order valence-corrected chi connectivity index (χ4v) is 4.52. The highest BCUT2D eigenvalue weighted by Crippen LogP contribution is 2.41. The first-order valence-electron chi connectivity index (χ1n) is 10.6. The number of likely N-dealkylation sites (tertiary alicyclic amines) is 1. The lowest BCUT2D eigenvalue weighted by Crippen LogP contribution is -2.38. The van der Waals surface area contributed by atoms with Crippen LogP contribution in [0.2, 0.25) is 5.02 Å². The normalized spacial score (nSPS) is 17.2. The smallest absolute Gasteiger partial charge is 0.259 e. The van der Waals surface area contributed by atoms with E-state index in [9.17, 15) is 9.59 Å². The van der Waals surface area contributed by atoms with E-state index in [1.165, 1.54) is 0 Å². The molecule has 8 heteroatoms. The number of rotatable bonds is 4. The second-order valence-electron chi connectivity index (χ2n) is 8.27. The van der Waals surface area contributed by atoms with Crippen LogP contribution in [0.3, 0.4) is 0 Å². The van der Waals surface area contributed by atoms with Crippen molar-refractivity contribution in [3.8, 4) is 0 Å². The Labute approximate surface area is 184 Å². The molecule has 1 saturated carbocycles. The topological polar surface area (TPSA) is 88.3 Å². The number of fused-ring (bicyclic) bond motifs is 1. The van der Waals surface area contributed by atoms with Gasteiger partial charge in [-0.3, -0.25) is 9.59 Å². The second kappa shape index (κ2) is 7.96. The van der Waals surface area contributed by atoms with E-state index < -0.39 is 0 Å². The Morgan fingerprint density at radius 3 is 2.58 bits per heavy atom. The molecule has 2 aliphatic rings. The summed E-state index contributed by atoms with van der Waals surface area (Å²) in [6.07, 6.45) is 3.66. The summed E-state index contributed by atoms with van der Waals surface area (Å²) in [6, 6.07) is 8.90. The van der Waals surface area contributed by atoms with Crippen LogP contribution in [0.25, 0.3) is 11.1 Å². The zero-order valence-corrected chi connectivity index (χ0v) is 18.0. The van der Waals surface area contributed by atoms with E-state index in [-0.39, 0.29) is 17.7 Å². The highest BCUT2D eigenvalue weighted by Gasteiger charge is 2.32. The molecule has 1 aliphatic carbocycles. The molecule has 1 saturated heterocycles. The summed E-state index contributed by atoms with van der Waals surface area (Å²) in [5.41, 5.74) is 3.25. The first-order chi connectivity index (χ1) is 15.0. The van der Waals surface area contributed by atoms with Gasteiger partial charge in [0.1, 0.15) is 0 Å². The molecule has 0 spiro atoms. The van der Waals surface area contributed by atoms with E-state index >= 15 is 0 Å². The lowest BCUT2D eigenvalue weighted by atomic mass is 9.90. The van der Waals surface area contributed by atoms with Gasteiger partial charge in [0.15, 0.2) is 0 Å². The van der Waals surface area contributed by atoms with Crippen LogP contribution in [0.5, 0.6) is 0 Å². The summed E-state index contributed by atoms with van der Waals surface area (Å²) >= 11 is 6.03. The molecule has 2 fully saturated rings. The van der Waals surface area contributed by atoms with Crippen LogP contribution in [0, 0.1) is 0 Å². The molecular formula is C23H23ClN4O3. The average molecular weight is 439 g/mol. The van der Waals surface area contributed by atoms with Crippen molar-refractivity contribution >= 4 is 34.5 Å². The highest BCUT2D eigenvalue weighted by atomic mass is 35.5. The van der Waals surface area contributed by atoms with Gasteiger partial charge in [-0.2, -0.15) is 0 Å². The van der Waals surface area contributed by atoms with E-state index in [0.717, 1.165) is 37.1 Å². The van der Waals surface area contributed by atoms with Crippen LogP contribution in [-0.2, 0) is 0 Å². The van der Waals surface area contributed by atoms with Crippen molar-refractivity contribution < 1.29 is 14.1 Å². The van der Waals surface area contributed by atoms with Gasteiger partial charge in [0.2, 0.25) is 0 Å². The van der Waals surface area contributed by atoms with Crippen molar-refractivity contribution in [2.45, 2.75) is 37.5 Å². The van der Waals surface area contributed by atoms with Crippen LogP contribution >= 0.6 is 11.6 Å². The zero-order valence-electron chi connectivity index (χ0n) is 17.2. The maximum atomic E-state index is 12.8. The SMILES string of the molecule is CNC(=O)c1cc(C2CC2)nc2onc(C3CCN(C(=O)c4cccc(Cl)c4)CC3)c12. The van der Waals surface area contributed by atoms with Crippen LogP contribution < -0.4 is 5.32 Å². The van der Waals surface area contributed by atoms with Gasteiger partial charge in [0, 0.05) is 48.3 Å². The molecule has 5 rings (SSSR count). The molecule has 0 atom stereocenters. The number of nitrogens with one attached hydrogen (secondary N) is 1. The molecule has 2 aromatic heterocycles. The minimum absolute atomic E-state index is 0.0206. The van der Waals surface area contributed by atoms with Crippen molar-refractivity contribution in [2.75, 3.05) is 20.1 Å². The zero-order chi connectivity index (χ0) is 21.5. The number of pyridine rings is 1. The monoisotopic (exact) mass is 438 g/mol. The molecule has 3 heterocycles. The Morgan fingerprint density at radius 1 is 1.13 bits per heavy atom. The number of benzene rings is 1. The predicted molar refractivity (Wildman–Crippen MR) is 116 cm³/mol. The Kier molecular flexibility index (Phi) is 5.14. The number of carbonyl (C=O) groups excluding carboxylic acids is 2. The Hall–Kier alpha value is -2.93. The van der Waals surface area contributed by atoms with E-state index in [0.29, 0.717) is 46.3 Å². The first kappa shape index (κ1) is 20.0. The fraction of sp³-hybridized carbons (Fsp3) is 0.391. The number of halogens is 1. The number of aromatic nitrogens is 2. The van der Waals surface area contributed by atoms with Crippen LogP contribution in [0.1, 0.15) is 69.6 Å².